The van der Waals surface area contributed by atoms with Crippen LogP contribution in [0, 0.1) is 6.92 Å². The number of amides is 1. The molecule has 1 amide bonds. The molecule has 0 aliphatic carbocycles. The number of ketones is 1. The number of carbonyl (C=O) groups is 2. The first-order chi connectivity index (χ1) is 16.4. The number of aryl methyl sites for hydroxylation is 1. The van der Waals surface area contributed by atoms with Crippen LogP contribution < -0.4 is 14.2 Å². The van der Waals surface area contributed by atoms with Crippen molar-refractivity contribution in [2.24, 2.45) is 0 Å². The van der Waals surface area contributed by atoms with Gasteiger partial charge in [0.1, 0.15) is 5.76 Å². The van der Waals surface area contributed by atoms with Crippen LogP contribution in [0.4, 0.5) is 0 Å². The molecule has 3 heterocycles. The number of rotatable bonds is 9. The molecule has 0 bridgehead atoms. The maximum Gasteiger partial charge on any atom is 0.290 e. The van der Waals surface area contributed by atoms with E-state index in [-0.39, 0.29) is 11.3 Å². The Morgan fingerprint density at radius 1 is 1.06 bits per heavy atom. The maximum atomic E-state index is 13.4. The van der Waals surface area contributed by atoms with Gasteiger partial charge in [0.25, 0.3) is 5.91 Å². The Balaban J connectivity index is 1.80. The lowest BCUT2D eigenvalue weighted by Gasteiger charge is -2.29. The molecule has 2 aliphatic heterocycles. The van der Waals surface area contributed by atoms with Gasteiger partial charge in [0.2, 0.25) is 11.5 Å². The topological polar surface area (TPSA) is 102 Å². The van der Waals surface area contributed by atoms with E-state index in [9.17, 15) is 14.7 Å². The van der Waals surface area contributed by atoms with Crippen molar-refractivity contribution in [2.45, 2.75) is 25.8 Å². The monoisotopic (exact) mass is 470 g/mol. The zero-order chi connectivity index (χ0) is 24.4. The number of carbonyl (C=O) groups excluding carboxylic acids is 2. The van der Waals surface area contributed by atoms with Gasteiger partial charge in [-0.15, -0.1) is 0 Å². The lowest BCUT2D eigenvalue weighted by atomic mass is 9.94. The Kier molecular flexibility index (Phi) is 6.83. The van der Waals surface area contributed by atoms with E-state index in [1.807, 2.05) is 0 Å². The molecule has 2 aliphatic rings. The third-order valence-corrected chi connectivity index (χ3v) is 6.37. The van der Waals surface area contributed by atoms with Crippen LogP contribution in [0.15, 0.2) is 40.0 Å². The van der Waals surface area contributed by atoms with Crippen LogP contribution in [0.2, 0.25) is 0 Å². The molecule has 1 fully saturated rings. The smallest absolute Gasteiger partial charge is 0.290 e. The predicted octanol–water partition coefficient (Wildman–Crippen LogP) is 3.29. The minimum absolute atomic E-state index is 0.0324. The van der Waals surface area contributed by atoms with Crippen molar-refractivity contribution in [1.82, 2.24) is 9.80 Å². The fraction of sp³-hybridized carbons (Fsp3) is 0.440. The van der Waals surface area contributed by atoms with Crippen molar-refractivity contribution in [3.63, 3.8) is 0 Å². The second kappa shape index (κ2) is 9.80. The van der Waals surface area contributed by atoms with Crippen LogP contribution in [-0.2, 0) is 4.79 Å². The van der Waals surface area contributed by atoms with Gasteiger partial charge in [-0.1, -0.05) is 0 Å². The highest BCUT2D eigenvalue weighted by Gasteiger charge is 2.45. The van der Waals surface area contributed by atoms with Crippen molar-refractivity contribution in [2.75, 3.05) is 47.5 Å². The van der Waals surface area contributed by atoms with E-state index in [4.69, 9.17) is 18.6 Å². The molecular weight excluding hydrogens is 440 g/mol. The van der Waals surface area contributed by atoms with Gasteiger partial charge in [0.15, 0.2) is 23.0 Å². The molecule has 0 saturated carbocycles. The number of hydrogen-bond acceptors (Lipinski definition) is 8. The van der Waals surface area contributed by atoms with E-state index in [0.717, 1.165) is 25.9 Å². The van der Waals surface area contributed by atoms with E-state index >= 15 is 0 Å². The summed E-state index contributed by atoms with van der Waals surface area (Å²) in [6.07, 6.45) is 2.24. The van der Waals surface area contributed by atoms with Crippen LogP contribution in [0.5, 0.6) is 17.2 Å². The van der Waals surface area contributed by atoms with Gasteiger partial charge >= 0.3 is 0 Å². The van der Waals surface area contributed by atoms with Gasteiger partial charge in [-0.25, -0.2) is 0 Å². The molecular formula is C25H30N2O7. The molecule has 1 saturated heterocycles. The Morgan fingerprint density at radius 2 is 1.71 bits per heavy atom. The van der Waals surface area contributed by atoms with E-state index in [1.165, 1.54) is 26.2 Å². The van der Waals surface area contributed by atoms with Gasteiger partial charge < -0.3 is 33.5 Å². The number of ether oxygens (including phenoxy) is 3. The molecule has 0 spiro atoms. The number of methoxy groups -OCH3 is 3. The number of nitrogens with zero attached hydrogens (tertiary/aromatic N) is 2. The molecule has 1 N–H and O–H groups in total. The summed E-state index contributed by atoms with van der Waals surface area (Å²) < 4.78 is 21.9. The van der Waals surface area contributed by atoms with Crippen LogP contribution in [0.25, 0.3) is 0 Å². The normalized spacial score (nSPS) is 18.6. The molecule has 1 atom stereocenters. The second-order valence-electron chi connectivity index (χ2n) is 8.41. The molecule has 2 aromatic rings. The number of hydrogen-bond donors (Lipinski definition) is 1. The summed E-state index contributed by atoms with van der Waals surface area (Å²) in [5, 5.41) is 10.9. The van der Waals surface area contributed by atoms with Gasteiger partial charge in [-0.3, -0.25) is 9.59 Å². The number of furan rings is 1. The highest BCUT2D eigenvalue weighted by Crippen LogP contribution is 2.45. The molecule has 0 radical (unpaired) electrons. The summed E-state index contributed by atoms with van der Waals surface area (Å²) in [6.45, 7) is 4.64. The molecule has 1 aromatic carbocycles. The first-order valence-electron chi connectivity index (χ1n) is 11.3. The summed E-state index contributed by atoms with van der Waals surface area (Å²) in [5.74, 6) is 0.0786. The summed E-state index contributed by atoms with van der Waals surface area (Å²) in [5.41, 5.74) is 0.523. The number of aliphatic hydroxyl groups is 1. The van der Waals surface area contributed by atoms with Gasteiger partial charge in [0, 0.05) is 13.1 Å². The number of likely N-dealkylation sites (tertiary alicyclic amines) is 1. The van der Waals surface area contributed by atoms with Gasteiger partial charge in [-0.05, 0) is 62.7 Å². The first kappa shape index (κ1) is 23.7. The summed E-state index contributed by atoms with van der Waals surface area (Å²) >= 11 is 0. The molecule has 9 heteroatoms. The average Bonchev–Trinajstić information content (AvgIpc) is 3.57. The summed E-state index contributed by atoms with van der Waals surface area (Å²) in [6, 6.07) is 5.76. The Hall–Kier alpha value is -3.46. The Morgan fingerprint density at radius 3 is 2.24 bits per heavy atom. The van der Waals surface area contributed by atoms with Gasteiger partial charge in [-0.2, -0.15) is 0 Å². The van der Waals surface area contributed by atoms with Crippen molar-refractivity contribution in [1.29, 1.82) is 0 Å². The van der Waals surface area contributed by atoms with E-state index in [1.54, 1.807) is 31.2 Å². The standard InChI is InChI=1S/C25H30N2O7/c1-15-7-8-17(34-15)22(28)20-21(16-13-18(31-2)24(33-4)19(14-16)32-3)27(25(30)23(20)29)12-11-26-9-5-6-10-26/h7-8,13-14,21,29H,5-6,9-12H2,1-4H3. The highest BCUT2D eigenvalue weighted by molar-refractivity contribution is 6.15. The average molecular weight is 471 g/mol. The lowest BCUT2D eigenvalue weighted by Crippen LogP contribution is -2.38. The minimum atomic E-state index is -0.846. The molecule has 1 unspecified atom stereocenters. The lowest BCUT2D eigenvalue weighted by molar-refractivity contribution is -0.129. The zero-order valence-corrected chi connectivity index (χ0v) is 19.9. The third kappa shape index (κ3) is 4.23. The van der Waals surface area contributed by atoms with E-state index in [2.05, 4.69) is 4.90 Å². The Labute approximate surface area is 198 Å². The van der Waals surface area contributed by atoms with E-state index in [0.29, 0.717) is 41.7 Å². The maximum absolute atomic E-state index is 13.4. The predicted molar refractivity (Wildman–Crippen MR) is 124 cm³/mol. The van der Waals surface area contributed by atoms with Crippen molar-refractivity contribution >= 4 is 11.7 Å². The quantitative estimate of drug-likeness (QED) is 0.557. The summed E-state index contributed by atoms with van der Waals surface area (Å²) in [7, 11) is 4.50. The first-order valence-corrected chi connectivity index (χ1v) is 11.3. The molecule has 4 rings (SSSR count). The highest BCUT2D eigenvalue weighted by atomic mass is 16.5. The van der Waals surface area contributed by atoms with Crippen LogP contribution in [0.1, 0.15) is 40.8 Å². The summed E-state index contributed by atoms with van der Waals surface area (Å²) in [4.78, 5) is 30.5. The number of benzene rings is 1. The molecule has 182 valence electrons. The van der Waals surface area contributed by atoms with Gasteiger partial charge in [0.05, 0.1) is 32.9 Å². The number of Topliss-reactive ketones (excluding diaryl/α,β-unsaturated/α-hetero) is 1. The molecule has 34 heavy (non-hydrogen) atoms. The fourth-order valence-electron chi connectivity index (χ4n) is 4.67. The largest absolute Gasteiger partial charge is 0.503 e. The Bertz CT molecular complexity index is 1090. The van der Waals surface area contributed by atoms with Crippen molar-refractivity contribution in [3.05, 3.63) is 52.7 Å². The van der Waals surface area contributed by atoms with Crippen molar-refractivity contribution in [3.8, 4) is 17.2 Å². The van der Waals surface area contributed by atoms with Crippen LogP contribution in [0.3, 0.4) is 0 Å². The minimum Gasteiger partial charge on any atom is -0.503 e. The zero-order valence-electron chi connectivity index (χ0n) is 19.9. The SMILES string of the molecule is COc1cc(C2C(C(=O)c3ccc(C)o3)=C(O)C(=O)N2CCN2CCCC2)cc(OC)c1OC. The van der Waals surface area contributed by atoms with Crippen molar-refractivity contribution < 1.29 is 33.3 Å². The third-order valence-electron chi connectivity index (χ3n) is 6.37. The van der Waals surface area contributed by atoms with Crippen LogP contribution in [-0.4, -0.2) is 74.1 Å². The number of aliphatic hydroxyl groups excluding tert-OH is 1. The van der Waals surface area contributed by atoms with Crippen LogP contribution >= 0.6 is 0 Å². The fourth-order valence-corrected chi connectivity index (χ4v) is 4.67. The molecule has 9 nitrogen and oxygen atoms in total. The molecule has 1 aromatic heterocycles. The second-order valence-corrected chi connectivity index (χ2v) is 8.41. The van der Waals surface area contributed by atoms with E-state index < -0.39 is 23.5 Å².